The SMILES string of the molecule is CC(C)CCN(C1=CC(=O)CC1)C1CC1. The average molecular weight is 207 g/mol. The van der Waals surface area contributed by atoms with E-state index in [-0.39, 0.29) is 0 Å². The Hall–Kier alpha value is -0.790. The van der Waals surface area contributed by atoms with E-state index < -0.39 is 0 Å². The third kappa shape index (κ3) is 2.83. The van der Waals surface area contributed by atoms with Gasteiger partial charge in [-0.15, -0.1) is 0 Å². The van der Waals surface area contributed by atoms with Crippen molar-refractivity contribution in [1.82, 2.24) is 4.90 Å². The summed E-state index contributed by atoms with van der Waals surface area (Å²) in [5, 5.41) is 0. The van der Waals surface area contributed by atoms with Crippen LogP contribution in [0, 0.1) is 5.92 Å². The molecule has 2 aliphatic rings. The van der Waals surface area contributed by atoms with Crippen LogP contribution in [0.4, 0.5) is 0 Å². The molecule has 0 atom stereocenters. The first-order chi connectivity index (χ1) is 7.16. The van der Waals surface area contributed by atoms with Crippen molar-refractivity contribution in [3.8, 4) is 0 Å². The van der Waals surface area contributed by atoms with Crippen molar-refractivity contribution in [2.45, 2.75) is 52.0 Å². The molecule has 0 aromatic rings. The van der Waals surface area contributed by atoms with Gasteiger partial charge in [-0.1, -0.05) is 13.8 Å². The van der Waals surface area contributed by atoms with Crippen LogP contribution < -0.4 is 0 Å². The molecule has 2 rings (SSSR count). The summed E-state index contributed by atoms with van der Waals surface area (Å²) in [6, 6.07) is 0.751. The molecule has 1 fully saturated rings. The minimum atomic E-state index is 0.320. The molecule has 1 saturated carbocycles. The molecule has 15 heavy (non-hydrogen) atoms. The average Bonchev–Trinajstić information content (AvgIpc) is 2.90. The molecule has 0 bridgehead atoms. The van der Waals surface area contributed by atoms with Crippen molar-refractivity contribution in [1.29, 1.82) is 0 Å². The molecule has 2 aliphatic carbocycles. The lowest BCUT2D eigenvalue weighted by Gasteiger charge is -2.26. The van der Waals surface area contributed by atoms with E-state index in [9.17, 15) is 4.79 Å². The summed E-state index contributed by atoms with van der Waals surface area (Å²) in [6.45, 7) is 5.67. The van der Waals surface area contributed by atoms with Crippen LogP contribution in [0.25, 0.3) is 0 Å². The number of rotatable bonds is 5. The van der Waals surface area contributed by atoms with Crippen LogP contribution in [-0.2, 0) is 4.79 Å². The molecular weight excluding hydrogens is 186 g/mol. The molecular formula is C13H21NO. The van der Waals surface area contributed by atoms with Gasteiger partial charge in [-0.2, -0.15) is 0 Å². The van der Waals surface area contributed by atoms with E-state index in [2.05, 4.69) is 18.7 Å². The van der Waals surface area contributed by atoms with E-state index in [1.165, 1.54) is 25.0 Å². The van der Waals surface area contributed by atoms with Crippen LogP contribution in [0.1, 0.15) is 46.0 Å². The Bertz CT molecular complexity index is 276. The summed E-state index contributed by atoms with van der Waals surface area (Å²) in [4.78, 5) is 13.7. The van der Waals surface area contributed by atoms with Gasteiger partial charge in [-0.3, -0.25) is 4.79 Å². The molecule has 0 N–H and O–H groups in total. The van der Waals surface area contributed by atoms with Gasteiger partial charge >= 0.3 is 0 Å². The molecule has 0 unspecified atom stereocenters. The van der Waals surface area contributed by atoms with Gasteiger partial charge in [-0.05, 0) is 31.6 Å². The third-order valence-electron chi connectivity index (χ3n) is 3.26. The minimum Gasteiger partial charge on any atom is -0.372 e. The Morgan fingerprint density at radius 2 is 2.13 bits per heavy atom. The van der Waals surface area contributed by atoms with Crippen LogP contribution in [0.3, 0.4) is 0 Å². The van der Waals surface area contributed by atoms with E-state index in [4.69, 9.17) is 0 Å². The summed E-state index contributed by atoms with van der Waals surface area (Å²) in [7, 11) is 0. The first-order valence-electron chi connectivity index (χ1n) is 6.17. The highest BCUT2D eigenvalue weighted by Gasteiger charge is 2.31. The zero-order valence-corrected chi connectivity index (χ0v) is 9.83. The number of carbonyl (C=O) groups excluding carboxylic acids is 1. The molecule has 0 heterocycles. The molecule has 0 spiro atoms. The van der Waals surface area contributed by atoms with E-state index in [0.717, 1.165) is 31.3 Å². The topological polar surface area (TPSA) is 20.3 Å². The van der Waals surface area contributed by atoms with Crippen LogP contribution in [0.5, 0.6) is 0 Å². The largest absolute Gasteiger partial charge is 0.372 e. The summed E-state index contributed by atoms with van der Waals surface area (Å²) in [6.07, 6.45) is 7.47. The van der Waals surface area contributed by atoms with Crippen molar-refractivity contribution in [3.63, 3.8) is 0 Å². The summed E-state index contributed by atoms with van der Waals surface area (Å²) in [5.41, 5.74) is 1.31. The third-order valence-corrected chi connectivity index (χ3v) is 3.26. The van der Waals surface area contributed by atoms with Gasteiger partial charge in [-0.25, -0.2) is 0 Å². The molecule has 2 nitrogen and oxygen atoms in total. The molecule has 0 aromatic heterocycles. The maximum atomic E-state index is 11.2. The van der Waals surface area contributed by atoms with E-state index in [1.807, 2.05) is 6.08 Å². The Morgan fingerprint density at radius 3 is 2.60 bits per heavy atom. The highest BCUT2D eigenvalue weighted by molar-refractivity contribution is 5.92. The lowest BCUT2D eigenvalue weighted by molar-refractivity contribution is -0.114. The van der Waals surface area contributed by atoms with Crippen molar-refractivity contribution in [2.24, 2.45) is 5.92 Å². The Labute approximate surface area is 92.3 Å². The van der Waals surface area contributed by atoms with Crippen LogP contribution in [0.2, 0.25) is 0 Å². The summed E-state index contributed by atoms with van der Waals surface area (Å²) >= 11 is 0. The molecule has 2 heteroatoms. The van der Waals surface area contributed by atoms with Gasteiger partial charge in [0.15, 0.2) is 5.78 Å². The molecule has 0 aromatic carbocycles. The second-order valence-corrected chi connectivity index (χ2v) is 5.21. The van der Waals surface area contributed by atoms with Crippen molar-refractivity contribution in [2.75, 3.05) is 6.54 Å². The first-order valence-corrected chi connectivity index (χ1v) is 6.17. The number of hydrogen-bond donors (Lipinski definition) is 0. The van der Waals surface area contributed by atoms with Crippen molar-refractivity contribution >= 4 is 5.78 Å². The number of hydrogen-bond acceptors (Lipinski definition) is 2. The lowest BCUT2D eigenvalue weighted by Crippen LogP contribution is -2.26. The number of allylic oxidation sites excluding steroid dienone is 2. The zero-order valence-electron chi connectivity index (χ0n) is 9.83. The second-order valence-electron chi connectivity index (χ2n) is 5.21. The second kappa shape index (κ2) is 4.38. The Kier molecular flexibility index (Phi) is 3.13. The zero-order chi connectivity index (χ0) is 10.8. The highest BCUT2D eigenvalue weighted by Crippen LogP contribution is 2.33. The standard InChI is InChI=1S/C13H21NO/c1-10(2)7-8-14(11-3-4-11)12-5-6-13(15)9-12/h9-11H,3-8H2,1-2H3. The summed E-state index contributed by atoms with van der Waals surface area (Å²) < 4.78 is 0. The van der Waals surface area contributed by atoms with Crippen LogP contribution in [-0.4, -0.2) is 23.3 Å². The molecule has 0 amide bonds. The molecule has 84 valence electrons. The van der Waals surface area contributed by atoms with Crippen molar-refractivity contribution in [3.05, 3.63) is 11.8 Å². The molecule has 0 radical (unpaired) electrons. The number of ketones is 1. The summed E-state index contributed by atoms with van der Waals surface area (Å²) in [5.74, 6) is 1.07. The number of carbonyl (C=O) groups is 1. The van der Waals surface area contributed by atoms with E-state index in [1.54, 1.807) is 0 Å². The maximum Gasteiger partial charge on any atom is 0.157 e. The predicted molar refractivity (Wildman–Crippen MR) is 61.5 cm³/mol. The quantitative estimate of drug-likeness (QED) is 0.691. The fourth-order valence-corrected chi connectivity index (χ4v) is 2.15. The maximum absolute atomic E-state index is 11.2. The fourth-order valence-electron chi connectivity index (χ4n) is 2.15. The molecule has 0 aliphatic heterocycles. The van der Waals surface area contributed by atoms with Crippen LogP contribution in [0.15, 0.2) is 11.8 Å². The first kappa shape index (κ1) is 10.7. The lowest BCUT2D eigenvalue weighted by atomic mass is 10.1. The normalized spacial score (nSPS) is 21.0. The van der Waals surface area contributed by atoms with Crippen molar-refractivity contribution < 1.29 is 4.79 Å². The van der Waals surface area contributed by atoms with E-state index in [0.29, 0.717) is 5.78 Å². The van der Waals surface area contributed by atoms with Gasteiger partial charge in [0.1, 0.15) is 0 Å². The van der Waals surface area contributed by atoms with Gasteiger partial charge in [0.05, 0.1) is 0 Å². The number of nitrogens with zero attached hydrogens (tertiary/aromatic N) is 1. The van der Waals surface area contributed by atoms with Gasteiger partial charge in [0.25, 0.3) is 0 Å². The highest BCUT2D eigenvalue weighted by atomic mass is 16.1. The van der Waals surface area contributed by atoms with Gasteiger partial charge in [0, 0.05) is 30.8 Å². The van der Waals surface area contributed by atoms with Gasteiger partial charge in [0.2, 0.25) is 0 Å². The smallest absolute Gasteiger partial charge is 0.157 e. The Balaban J connectivity index is 1.94. The monoisotopic (exact) mass is 207 g/mol. The van der Waals surface area contributed by atoms with Crippen LogP contribution >= 0.6 is 0 Å². The van der Waals surface area contributed by atoms with Gasteiger partial charge < -0.3 is 4.90 Å². The van der Waals surface area contributed by atoms with E-state index >= 15 is 0 Å². The minimum absolute atomic E-state index is 0.320. The fraction of sp³-hybridized carbons (Fsp3) is 0.769. The Morgan fingerprint density at radius 1 is 1.40 bits per heavy atom. The predicted octanol–water partition coefficient (Wildman–Crippen LogP) is 2.74. The molecule has 0 saturated heterocycles.